The first kappa shape index (κ1) is 12.7. The zero-order valence-electron chi connectivity index (χ0n) is 10.3. The molecule has 0 saturated carbocycles. The van der Waals surface area contributed by atoms with Crippen molar-refractivity contribution in [2.75, 3.05) is 7.05 Å². The van der Waals surface area contributed by atoms with Gasteiger partial charge in [-0.05, 0) is 20.3 Å². The highest BCUT2D eigenvalue weighted by molar-refractivity contribution is 5.81. The van der Waals surface area contributed by atoms with Crippen molar-refractivity contribution in [3.8, 4) is 0 Å². The Balaban J connectivity index is 2.71. The second kappa shape index (κ2) is 5.12. The van der Waals surface area contributed by atoms with E-state index in [1.54, 1.807) is 11.9 Å². The molecular formula is C11H19N3O2. The number of amides is 1. The van der Waals surface area contributed by atoms with E-state index in [1.807, 2.05) is 20.8 Å². The summed E-state index contributed by atoms with van der Waals surface area (Å²) in [6.45, 7) is 6.09. The van der Waals surface area contributed by atoms with E-state index in [0.29, 0.717) is 13.0 Å². The molecule has 0 aromatic carbocycles. The third-order valence-corrected chi connectivity index (χ3v) is 2.71. The van der Waals surface area contributed by atoms with E-state index in [2.05, 4.69) is 5.16 Å². The minimum Gasteiger partial charge on any atom is -0.361 e. The summed E-state index contributed by atoms with van der Waals surface area (Å²) in [6.07, 6.45) is 0.644. The van der Waals surface area contributed by atoms with Gasteiger partial charge in [0.2, 0.25) is 5.91 Å². The molecular weight excluding hydrogens is 206 g/mol. The van der Waals surface area contributed by atoms with Gasteiger partial charge in [-0.2, -0.15) is 0 Å². The molecule has 0 bridgehead atoms. The van der Waals surface area contributed by atoms with Crippen molar-refractivity contribution in [2.45, 2.75) is 39.8 Å². The van der Waals surface area contributed by atoms with Gasteiger partial charge in [0, 0.05) is 12.6 Å². The van der Waals surface area contributed by atoms with Crippen molar-refractivity contribution in [2.24, 2.45) is 5.73 Å². The molecule has 0 fully saturated rings. The summed E-state index contributed by atoms with van der Waals surface area (Å²) < 4.78 is 5.04. The van der Waals surface area contributed by atoms with Gasteiger partial charge in [0.05, 0.1) is 18.3 Å². The number of aryl methyl sites for hydroxylation is 2. The Bertz CT molecular complexity index is 354. The van der Waals surface area contributed by atoms with Crippen molar-refractivity contribution in [1.29, 1.82) is 0 Å². The lowest BCUT2D eigenvalue weighted by Gasteiger charge is -2.20. The van der Waals surface area contributed by atoms with Gasteiger partial charge in [0.25, 0.3) is 0 Å². The van der Waals surface area contributed by atoms with Crippen LogP contribution in [0.2, 0.25) is 0 Å². The molecule has 0 aliphatic rings. The molecule has 0 aliphatic carbocycles. The monoisotopic (exact) mass is 225 g/mol. The average Bonchev–Trinajstić information content (AvgIpc) is 2.58. The molecule has 0 aliphatic heterocycles. The molecule has 0 radical (unpaired) electrons. The highest BCUT2D eigenvalue weighted by atomic mass is 16.5. The van der Waals surface area contributed by atoms with E-state index in [0.717, 1.165) is 17.0 Å². The molecule has 0 unspecified atom stereocenters. The van der Waals surface area contributed by atoms with Gasteiger partial charge < -0.3 is 15.2 Å². The van der Waals surface area contributed by atoms with Crippen LogP contribution in [-0.2, 0) is 11.3 Å². The molecule has 5 heteroatoms. The number of hydrogen-bond acceptors (Lipinski definition) is 4. The molecule has 0 saturated heterocycles. The lowest BCUT2D eigenvalue weighted by Crippen LogP contribution is -2.41. The third-order valence-electron chi connectivity index (χ3n) is 2.71. The van der Waals surface area contributed by atoms with E-state index in [4.69, 9.17) is 10.3 Å². The van der Waals surface area contributed by atoms with Gasteiger partial charge in [-0.3, -0.25) is 4.79 Å². The standard InChI is InChI=1S/C11H19N3O2/c1-5-10(12)11(15)14(4)6-9-7(2)13-16-8(9)3/h10H,5-6,12H2,1-4H3/t10-/m1/s1. The van der Waals surface area contributed by atoms with Gasteiger partial charge >= 0.3 is 0 Å². The topological polar surface area (TPSA) is 72.4 Å². The number of nitrogens with zero attached hydrogens (tertiary/aromatic N) is 2. The maximum absolute atomic E-state index is 11.8. The molecule has 90 valence electrons. The summed E-state index contributed by atoms with van der Waals surface area (Å²) in [5, 5.41) is 3.85. The van der Waals surface area contributed by atoms with E-state index >= 15 is 0 Å². The summed E-state index contributed by atoms with van der Waals surface area (Å²) >= 11 is 0. The van der Waals surface area contributed by atoms with Gasteiger partial charge in [0.1, 0.15) is 5.76 Å². The third kappa shape index (κ3) is 2.61. The van der Waals surface area contributed by atoms with E-state index in [-0.39, 0.29) is 5.91 Å². The highest BCUT2D eigenvalue weighted by Gasteiger charge is 2.19. The summed E-state index contributed by atoms with van der Waals surface area (Å²) in [7, 11) is 1.74. The lowest BCUT2D eigenvalue weighted by molar-refractivity contribution is -0.131. The Morgan fingerprint density at radius 1 is 1.56 bits per heavy atom. The fourth-order valence-corrected chi connectivity index (χ4v) is 1.50. The lowest BCUT2D eigenvalue weighted by atomic mass is 10.1. The number of rotatable bonds is 4. The molecule has 1 amide bonds. The van der Waals surface area contributed by atoms with Crippen LogP contribution in [0.1, 0.15) is 30.4 Å². The van der Waals surface area contributed by atoms with Crippen LogP contribution in [0.3, 0.4) is 0 Å². The largest absolute Gasteiger partial charge is 0.361 e. The second-order valence-corrected chi connectivity index (χ2v) is 4.01. The van der Waals surface area contributed by atoms with Gasteiger partial charge in [-0.15, -0.1) is 0 Å². The number of hydrogen-bond donors (Lipinski definition) is 1. The molecule has 1 aromatic heterocycles. The Labute approximate surface area is 95.6 Å². The van der Waals surface area contributed by atoms with Crippen molar-refractivity contribution in [3.63, 3.8) is 0 Å². The van der Waals surface area contributed by atoms with Crippen LogP contribution in [0, 0.1) is 13.8 Å². The first-order chi connectivity index (χ1) is 7.47. The molecule has 1 heterocycles. The SMILES string of the molecule is CC[C@@H](N)C(=O)N(C)Cc1c(C)noc1C. The molecule has 1 rings (SSSR count). The number of likely N-dealkylation sites (N-methyl/N-ethyl adjacent to an activating group) is 1. The van der Waals surface area contributed by atoms with Crippen LogP contribution in [0.25, 0.3) is 0 Å². The molecule has 1 atom stereocenters. The predicted octanol–water partition coefficient (Wildman–Crippen LogP) is 0.987. The highest BCUT2D eigenvalue weighted by Crippen LogP contribution is 2.14. The van der Waals surface area contributed by atoms with Crippen LogP contribution >= 0.6 is 0 Å². The van der Waals surface area contributed by atoms with Crippen LogP contribution in [0.15, 0.2) is 4.52 Å². The van der Waals surface area contributed by atoms with Crippen molar-refractivity contribution in [1.82, 2.24) is 10.1 Å². The molecule has 16 heavy (non-hydrogen) atoms. The quantitative estimate of drug-likeness (QED) is 0.829. The summed E-state index contributed by atoms with van der Waals surface area (Å²) in [6, 6.07) is -0.425. The first-order valence-electron chi connectivity index (χ1n) is 5.39. The Kier molecular flexibility index (Phi) is 4.06. The van der Waals surface area contributed by atoms with Gasteiger partial charge in [0.15, 0.2) is 0 Å². The zero-order chi connectivity index (χ0) is 12.3. The molecule has 2 N–H and O–H groups in total. The maximum Gasteiger partial charge on any atom is 0.239 e. The van der Waals surface area contributed by atoms with E-state index in [9.17, 15) is 4.79 Å². The van der Waals surface area contributed by atoms with Crippen molar-refractivity contribution in [3.05, 3.63) is 17.0 Å². The summed E-state index contributed by atoms with van der Waals surface area (Å²) in [4.78, 5) is 13.4. The molecule has 1 aromatic rings. The maximum atomic E-state index is 11.8. The number of carbonyl (C=O) groups is 1. The zero-order valence-corrected chi connectivity index (χ0v) is 10.3. The fraction of sp³-hybridized carbons (Fsp3) is 0.636. The summed E-state index contributed by atoms with van der Waals surface area (Å²) in [5.41, 5.74) is 7.47. The summed E-state index contributed by atoms with van der Waals surface area (Å²) in [5.74, 6) is 0.699. The Morgan fingerprint density at radius 3 is 2.62 bits per heavy atom. The first-order valence-corrected chi connectivity index (χ1v) is 5.39. The number of aromatic nitrogens is 1. The normalized spacial score (nSPS) is 12.6. The minimum atomic E-state index is -0.425. The van der Waals surface area contributed by atoms with Crippen molar-refractivity contribution >= 4 is 5.91 Å². The van der Waals surface area contributed by atoms with Crippen LogP contribution in [-0.4, -0.2) is 29.1 Å². The fourth-order valence-electron chi connectivity index (χ4n) is 1.50. The Hall–Kier alpha value is -1.36. The van der Waals surface area contributed by atoms with Crippen LogP contribution < -0.4 is 5.73 Å². The average molecular weight is 225 g/mol. The van der Waals surface area contributed by atoms with E-state index < -0.39 is 6.04 Å². The smallest absolute Gasteiger partial charge is 0.239 e. The number of nitrogens with two attached hydrogens (primary N) is 1. The number of carbonyl (C=O) groups excluding carboxylic acids is 1. The minimum absolute atomic E-state index is 0.0532. The molecule has 0 spiro atoms. The van der Waals surface area contributed by atoms with Crippen molar-refractivity contribution < 1.29 is 9.32 Å². The van der Waals surface area contributed by atoms with Gasteiger partial charge in [-0.1, -0.05) is 12.1 Å². The van der Waals surface area contributed by atoms with Crippen LogP contribution in [0.4, 0.5) is 0 Å². The van der Waals surface area contributed by atoms with E-state index in [1.165, 1.54) is 0 Å². The van der Waals surface area contributed by atoms with Gasteiger partial charge in [-0.25, -0.2) is 0 Å². The predicted molar refractivity (Wildman–Crippen MR) is 60.7 cm³/mol. The Morgan fingerprint density at radius 2 is 2.19 bits per heavy atom. The van der Waals surface area contributed by atoms with Crippen LogP contribution in [0.5, 0.6) is 0 Å². The second-order valence-electron chi connectivity index (χ2n) is 4.01. The molecule has 5 nitrogen and oxygen atoms in total.